The fraction of sp³-hybridized carbons (Fsp3) is 1.00. The number of hydrogen-bond donors (Lipinski definition) is 0. The van der Waals surface area contributed by atoms with Crippen molar-refractivity contribution in [3.05, 3.63) is 0 Å². The predicted molar refractivity (Wildman–Crippen MR) is 35.7 cm³/mol. The predicted octanol–water partition coefficient (Wildman–Crippen LogP) is 0.810. The molecule has 3 fully saturated rings. The van der Waals surface area contributed by atoms with Crippen molar-refractivity contribution in [2.24, 2.45) is 11.8 Å². The first-order valence-corrected chi connectivity index (χ1v) is 4.18. The third kappa shape index (κ3) is 0.722. The van der Waals surface area contributed by atoms with Gasteiger partial charge in [-0.1, -0.05) is 0 Å². The summed E-state index contributed by atoms with van der Waals surface area (Å²) in [5.41, 5.74) is 0. The Kier molecular flexibility index (Phi) is 0.968. The maximum Gasteiger partial charge on any atom is 0.0841 e. The van der Waals surface area contributed by atoms with Gasteiger partial charge in [-0.3, -0.25) is 0 Å². The monoisotopic (exact) mass is 140 g/mol. The minimum Gasteiger partial charge on any atom is -0.373 e. The summed E-state index contributed by atoms with van der Waals surface area (Å²) in [4.78, 5) is 0. The van der Waals surface area contributed by atoms with Crippen LogP contribution in [0.1, 0.15) is 12.8 Å². The zero-order valence-corrected chi connectivity index (χ0v) is 5.95. The Bertz CT molecular complexity index is 131. The molecule has 0 unspecified atom stereocenters. The summed E-state index contributed by atoms with van der Waals surface area (Å²) in [6, 6.07) is 0. The van der Waals surface area contributed by atoms with Gasteiger partial charge in [-0.05, 0) is 24.7 Å². The van der Waals surface area contributed by atoms with Crippen molar-refractivity contribution >= 4 is 0 Å². The molecule has 2 nitrogen and oxygen atoms in total. The van der Waals surface area contributed by atoms with Gasteiger partial charge in [-0.2, -0.15) is 0 Å². The van der Waals surface area contributed by atoms with Gasteiger partial charge in [-0.25, -0.2) is 0 Å². The largest absolute Gasteiger partial charge is 0.373 e. The van der Waals surface area contributed by atoms with Gasteiger partial charge < -0.3 is 9.47 Å². The van der Waals surface area contributed by atoms with E-state index in [9.17, 15) is 0 Å². The van der Waals surface area contributed by atoms with Gasteiger partial charge in [0.1, 0.15) is 0 Å². The van der Waals surface area contributed by atoms with Crippen molar-refractivity contribution in [3.63, 3.8) is 0 Å². The smallest absolute Gasteiger partial charge is 0.0841 e. The highest BCUT2D eigenvalue weighted by Gasteiger charge is 2.50. The number of hydrogen-bond acceptors (Lipinski definition) is 2. The lowest BCUT2D eigenvalue weighted by atomic mass is 9.70. The van der Waals surface area contributed by atoms with Gasteiger partial charge in [0.25, 0.3) is 0 Å². The van der Waals surface area contributed by atoms with Crippen LogP contribution in [0, 0.1) is 11.8 Å². The first-order valence-electron chi connectivity index (χ1n) is 4.18. The lowest BCUT2D eigenvalue weighted by molar-refractivity contribution is 0.102. The van der Waals surface area contributed by atoms with Crippen molar-refractivity contribution in [1.29, 1.82) is 0 Å². The molecule has 2 aliphatic heterocycles. The lowest BCUT2D eigenvalue weighted by Crippen LogP contribution is -2.34. The minimum absolute atomic E-state index is 0.628. The van der Waals surface area contributed by atoms with Gasteiger partial charge >= 0.3 is 0 Å². The van der Waals surface area contributed by atoms with Gasteiger partial charge in [0, 0.05) is 0 Å². The van der Waals surface area contributed by atoms with Crippen LogP contribution in [0.2, 0.25) is 0 Å². The van der Waals surface area contributed by atoms with Crippen LogP contribution < -0.4 is 0 Å². The Morgan fingerprint density at radius 3 is 1.40 bits per heavy atom. The van der Waals surface area contributed by atoms with Crippen LogP contribution in [0.15, 0.2) is 0 Å². The molecule has 0 bridgehead atoms. The number of rotatable bonds is 2. The normalized spacial score (nSPS) is 57.6. The summed E-state index contributed by atoms with van der Waals surface area (Å²) in [5.74, 6) is 1.74. The average molecular weight is 140 g/mol. The molecular formula is C8H12O2. The maximum absolute atomic E-state index is 5.27. The summed E-state index contributed by atoms with van der Waals surface area (Å²) >= 11 is 0. The molecule has 2 heterocycles. The lowest BCUT2D eigenvalue weighted by Gasteiger charge is -2.34. The van der Waals surface area contributed by atoms with E-state index in [2.05, 4.69) is 0 Å². The second-order valence-corrected chi connectivity index (χ2v) is 3.65. The van der Waals surface area contributed by atoms with Crippen LogP contribution in [0.4, 0.5) is 0 Å². The molecule has 0 aromatic rings. The van der Waals surface area contributed by atoms with E-state index in [-0.39, 0.29) is 0 Å². The van der Waals surface area contributed by atoms with Gasteiger partial charge in [0.15, 0.2) is 0 Å². The Labute approximate surface area is 60.5 Å². The molecule has 56 valence electrons. The summed E-state index contributed by atoms with van der Waals surface area (Å²) in [5, 5.41) is 0. The highest BCUT2D eigenvalue weighted by Crippen LogP contribution is 2.47. The average Bonchev–Trinajstić information content (AvgIpc) is 2.50. The quantitative estimate of drug-likeness (QED) is 0.530. The first-order chi connectivity index (χ1) is 4.95. The van der Waals surface area contributed by atoms with Crippen molar-refractivity contribution in [2.75, 3.05) is 13.2 Å². The third-order valence-corrected chi connectivity index (χ3v) is 3.06. The molecule has 0 radical (unpaired) electrons. The molecular weight excluding hydrogens is 128 g/mol. The maximum atomic E-state index is 5.27. The molecule has 2 heteroatoms. The highest BCUT2D eigenvalue weighted by atomic mass is 16.6. The highest BCUT2D eigenvalue weighted by molar-refractivity contribution is 4.97. The summed E-state index contributed by atoms with van der Waals surface area (Å²) in [6.07, 6.45) is 4.02. The Morgan fingerprint density at radius 1 is 0.800 bits per heavy atom. The second kappa shape index (κ2) is 1.74. The van der Waals surface area contributed by atoms with E-state index in [0.29, 0.717) is 12.2 Å². The molecule has 0 spiro atoms. The fourth-order valence-corrected chi connectivity index (χ4v) is 2.08. The molecule has 0 amide bonds. The number of epoxide rings is 2. The zero-order chi connectivity index (χ0) is 6.55. The summed E-state index contributed by atoms with van der Waals surface area (Å²) in [7, 11) is 0. The molecule has 3 rings (SSSR count). The molecule has 2 saturated heterocycles. The van der Waals surface area contributed by atoms with Gasteiger partial charge in [0.05, 0.1) is 25.4 Å². The summed E-state index contributed by atoms with van der Waals surface area (Å²) < 4.78 is 10.5. The molecule has 3 aliphatic rings. The first kappa shape index (κ1) is 5.56. The number of ether oxygens (including phenoxy) is 2. The Morgan fingerprint density at radius 2 is 1.20 bits per heavy atom. The van der Waals surface area contributed by atoms with Crippen molar-refractivity contribution in [1.82, 2.24) is 0 Å². The fourth-order valence-electron chi connectivity index (χ4n) is 2.08. The topological polar surface area (TPSA) is 25.1 Å². The van der Waals surface area contributed by atoms with Crippen molar-refractivity contribution in [3.8, 4) is 0 Å². The van der Waals surface area contributed by atoms with E-state index >= 15 is 0 Å². The SMILES string of the molecule is C1C[C@H]([C@@H]2CO2)[C@@H]1[C@@H]1CO1. The van der Waals surface area contributed by atoms with E-state index in [1.54, 1.807) is 0 Å². The summed E-state index contributed by atoms with van der Waals surface area (Å²) in [6.45, 7) is 2.04. The molecule has 4 atom stereocenters. The zero-order valence-electron chi connectivity index (χ0n) is 5.95. The molecule has 0 N–H and O–H groups in total. The van der Waals surface area contributed by atoms with E-state index in [1.807, 2.05) is 0 Å². The Hall–Kier alpha value is -0.0800. The van der Waals surface area contributed by atoms with Crippen molar-refractivity contribution < 1.29 is 9.47 Å². The minimum atomic E-state index is 0.628. The van der Waals surface area contributed by atoms with E-state index in [4.69, 9.17) is 9.47 Å². The van der Waals surface area contributed by atoms with Crippen LogP contribution in [0.3, 0.4) is 0 Å². The van der Waals surface area contributed by atoms with Gasteiger partial charge in [-0.15, -0.1) is 0 Å². The third-order valence-electron chi connectivity index (χ3n) is 3.06. The van der Waals surface area contributed by atoms with Crippen LogP contribution in [-0.2, 0) is 9.47 Å². The van der Waals surface area contributed by atoms with Crippen molar-refractivity contribution in [2.45, 2.75) is 25.0 Å². The molecule has 1 saturated carbocycles. The van der Waals surface area contributed by atoms with Crippen LogP contribution in [0.5, 0.6) is 0 Å². The Balaban J connectivity index is 1.64. The van der Waals surface area contributed by atoms with Crippen LogP contribution >= 0.6 is 0 Å². The molecule has 1 aliphatic carbocycles. The van der Waals surface area contributed by atoms with Gasteiger partial charge in [0.2, 0.25) is 0 Å². The second-order valence-electron chi connectivity index (χ2n) is 3.65. The van der Waals surface area contributed by atoms with Crippen LogP contribution in [-0.4, -0.2) is 25.4 Å². The standard InChI is InChI=1S/C8H12O2/c1-2-6(8-4-10-8)5(1)7-3-9-7/h5-8H,1-4H2/t5-,6+,7-,8-/m0/s1. The molecule has 0 aromatic carbocycles. The van der Waals surface area contributed by atoms with E-state index < -0.39 is 0 Å². The molecule has 10 heavy (non-hydrogen) atoms. The van der Waals surface area contributed by atoms with Crippen LogP contribution in [0.25, 0.3) is 0 Å². The molecule has 0 aromatic heterocycles. The van der Waals surface area contributed by atoms with E-state index in [0.717, 1.165) is 25.0 Å². The van der Waals surface area contributed by atoms with E-state index in [1.165, 1.54) is 12.8 Å².